The first kappa shape index (κ1) is 11.0. The molecule has 3 heteroatoms. The van der Waals surface area contributed by atoms with Crippen molar-refractivity contribution in [1.29, 1.82) is 5.26 Å². The van der Waals surface area contributed by atoms with Crippen molar-refractivity contribution >= 4 is 5.69 Å². The van der Waals surface area contributed by atoms with Gasteiger partial charge in [-0.3, -0.25) is 0 Å². The number of anilines is 1. The van der Waals surface area contributed by atoms with Crippen LogP contribution in [0, 0.1) is 18.3 Å². The molecule has 0 radical (unpaired) electrons. The first-order chi connectivity index (χ1) is 8.22. The smallest absolute Gasteiger partial charge is 0.150 e. The van der Waals surface area contributed by atoms with E-state index >= 15 is 0 Å². The molecular weight excluding hydrogens is 212 g/mol. The van der Waals surface area contributed by atoms with Crippen LogP contribution in [0.5, 0.6) is 11.5 Å². The Hall–Kier alpha value is -2.47. The minimum atomic E-state index is 0.508. The van der Waals surface area contributed by atoms with Gasteiger partial charge in [0.15, 0.2) is 0 Å². The normalized spacial score (nSPS) is 9.65. The lowest BCUT2D eigenvalue weighted by molar-refractivity contribution is 0.479. The van der Waals surface area contributed by atoms with Gasteiger partial charge in [0.1, 0.15) is 17.6 Å². The third kappa shape index (κ3) is 2.21. The molecule has 0 saturated heterocycles. The van der Waals surface area contributed by atoms with Crippen molar-refractivity contribution in [1.82, 2.24) is 0 Å². The monoisotopic (exact) mass is 224 g/mol. The number of ether oxygens (including phenoxy) is 1. The van der Waals surface area contributed by atoms with E-state index in [9.17, 15) is 0 Å². The van der Waals surface area contributed by atoms with Gasteiger partial charge in [0, 0.05) is 0 Å². The molecule has 2 rings (SSSR count). The topological polar surface area (TPSA) is 59.0 Å². The highest BCUT2D eigenvalue weighted by molar-refractivity contribution is 5.56. The largest absolute Gasteiger partial charge is 0.454 e. The molecule has 3 nitrogen and oxygen atoms in total. The van der Waals surface area contributed by atoms with E-state index in [-0.39, 0.29) is 0 Å². The molecule has 0 aliphatic heterocycles. The van der Waals surface area contributed by atoms with Gasteiger partial charge >= 0.3 is 0 Å². The number of benzene rings is 2. The van der Waals surface area contributed by atoms with Crippen molar-refractivity contribution in [2.45, 2.75) is 6.92 Å². The second-order valence-corrected chi connectivity index (χ2v) is 3.70. The molecule has 0 amide bonds. The Morgan fingerprint density at radius 2 is 1.88 bits per heavy atom. The fraction of sp³-hybridized carbons (Fsp3) is 0.0714. The number of nitrogen functional groups attached to an aromatic ring is 1. The Morgan fingerprint density at radius 3 is 2.59 bits per heavy atom. The quantitative estimate of drug-likeness (QED) is 0.796. The van der Waals surface area contributed by atoms with Crippen molar-refractivity contribution in [3.8, 4) is 17.6 Å². The van der Waals surface area contributed by atoms with Crippen molar-refractivity contribution in [3.63, 3.8) is 0 Å². The summed E-state index contributed by atoms with van der Waals surface area (Å²) >= 11 is 0. The Balaban J connectivity index is 2.44. The maximum atomic E-state index is 9.03. The maximum Gasteiger partial charge on any atom is 0.150 e. The highest BCUT2D eigenvalue weighted by Crippen LogP contribution is 2.31. The first-order valence-electron chi connectivity index (χ1n) is 5.24. The second kappa shape index (κ2) is 4.58. The van der Waals surface area contributed by atoms with Crippen LogP contribution in [0.15, 0.2) is 42.5 Å². The number of rotatable bonds is 2. The average molecular weight is 224 g/mol. The molecule has 0 atom stereocenters. The summed E-state index contributed by atoms with van der Waals surface area (Å²) in [6.07, 6.45) is 0. The van der Waals surface area contributed by atoms with E-state index in [1.54, 1.807) is 18.2 Å². The fourth-order valence-corrected chi connectivity index (χ4v) is 1.56. The molecule has 0 saturated carbocycles. The summed E-state index contributed by atoms with van der Waals surface area (Å²) < 4.78 is 5.71. The lowest BCUT2D eigenvalue weighted by Crippen LogP contribution is -1.95. The van der Waals surface area contributed by atoms with Crippen LogP contribution in [0.2, 0.25) is 0 Å². The molecule has 0 heterocycles. The summed E-state index contributed by atoms with van der Waals surface area (Å²) in [7, 11) is 0. The van der Waals surface area contributed by atoms with E-state index in [4.69, 9.17) is 15.7 Å². The molecule has 0 aliphatic carbocycles. The van der Waals surface area contributed by atoms with Crippen molar-refractivity contribution in [3.05, 3.63) is 53.6 Å². The third-order valence-corrected chi connectivity index (χ3v) is 2.46. The Labute approximate surface area is 100 Å². The zero-order valence-corrected chi connectivity index (χ0v) is 9.47. The van der Waals surface area contributed by atoms with E-state index in [1.807, 2.05) is 31.2 Å². The zero-order valence-electron chi connectivity index (χ0n) is 9.47. The Morgan fingerprint density at radius 1 is 1.12 bits per heavy atom. The van der Waals surface area contributed by atoms with Crippen LogP contribution in [0.1, 0.15) is 11.1 Å². The second-order valence-electron chi connectivity index (χ2n) is 3.70. The molecule has 84 valence electrons. The number of aryl methyl sites for hydroxylation is 1. The van der Waals surface area contributed by atoms with E-state index < -0.39 is 0 Å². The number of nitrogens with zero attached hydrogens (tertiary/aromatic N) is 1. The Kier molecular flexibility index (Phi) is 2.97. The van der Waals surface area contributed by atoms with Crippen LogP contribution in [0.4, 0.5) is 5.69 Å². The van der Waals surface area contributed by atoms with E-state index in [2.05, 4.69) is 6.07 Å². The summed E-state index contributed by atoms with van der Waals surface area (Å²) in [6, 6.07) is 14.8. The standard InChI is InChI=1S/C14H12N2O/c1-10-5-4-6-11(9-15)14(10)17-13-8-3-2-7-12(13)16/h2-8H,16H2,1H3. The minimum Gasteiger partial charge on any atom is -0.454 e. The lowest BCUT2D eigenvalue weighted by Gasteiger charge is -2.11. The maximum absolute atomic E-state index is 9.03. The molecule has 0 aromatic heterocycles. The SMILES string of the molecule is Cc1cccc(C#N)c1Oc1ccccc1N. The van der Waals surface area contributed by atoms with Gasteiger partial charge in [0.2, 0.25) is 0 Å². The first-order valence-corrected chi connectivity index (χ1v) is 5.24. The number of nitrogens with two attached hydrogens (primary N) is 1. The molecule has 0 spiro atoms. The number of hydrogen-bond acceptors (Lipinski definition) is 3. The van der Waals surface area contributed by atoms with Gasteiger partial charge in [-0.25, -0.2) is 0 Å². The van der Waals surface area contributed by atoms with Gasteiger partial charge in [0.25, 0.3) is 0 Å². The lowest BCUT2D eigenvalue weighted by atomic mass is 10.1. The molecule has 0 unspecified atom stereocenters. The highest BCUT2D eigenvalue weighted by atomic mass is 16.5. The van der Waals surface area contributed by atoms with Crippen LogP contribution >= 0.6 is 0 Å². The fourth-order valence-electron chi connectivity index (χ4n) is 1.56. The van der Waals surface area contributed by atoms with Gasteiger partial charge in [-0.05, 0) is 30.7 Å². The van der Waals surface area contributed by atoms with Crippen molar-refractivity contribution < 1.29 is 4.74 Å². The molecule has 2 aromatic carbocycles. The van der Waals surface area contributed by atoms with Crippen LogP contribution in [0.25, 0.3) is 0 Å². The van der Waals surface area contributed by atoms with E-state index in [0.717, 1.165) is 5.56 Å². The summed E-state index contributed by atoms with van der Waals surface area (Å²) in [5.41, 5.74) is 7.77. The molecule has 2 N–H and O–H groups in total. The van der Waals surface area contributed by atoms with Crippen LogP contribution in [0.3, 0.4) is 0 Å². The predicted octanol–water partition coefficient (Wildman–Crippen LogP) is 3.24. The molecular formula is C14H12N2O. The zero-order chi connectivity index (χ0) is 12.3. The van der Waals surface area contributed by atoms with Crippen molar-refractivity contribution in [2.24, 2.45) is 0 Å². The van der Waals surface area contributed by atoms with Crippen LogP contribution < -0.4 is 10.5 Å². The van der Waals surface area contributed by atoms with Crippen LogP contribution in [-0.4, -0.2) is 0 Å². The Bertz CT molecular complexity index is 585. The molecule has 0 aliphatic rings. The van der Waals surface area contributed by atoms with Gasteiger partial charge < -0.3 is 10.5 Å². The number of para-hydroxylation sites is 3. The van der Waals surface area contributed by atoms with Gasteiger partial charge in [-0.15, -0.1) is 0 Å². The summed E-state index contributed by atoms with van der Waals surface area (Å²) in [5, 5.41) is 9.03. The minimum absolute atomic E-state index is 0.508. The molecule has 0 bridgehead atoms. The molecule has 0 fully saturated rings. The molecule has 2 aromatic rings. The third-order valence-electron chi connectivity index (χ3n) is 2.46. The number of hydrogen-bond donors (Lipinski definition) is 1. The van der Waals surface area contributed by atoms with Gasteiger partial charge in [-0.1, -0.05) is 24.3 Å². The summed E-state index contributed by atoms with van der Waals surface area (Å²) in [5.74, 6) is 1.13. The van der Waals surface area contributed by atoms with E-state index in [0.29, 0.717) is 22.7 Å². The van der Waals surface area contributed by atoms with Gasteiger partial charge in [-0.2, -0.15) is 5.26 Å². The van der Waals surface area contributed by atoms with E-state index in [1.165, 1.54) is 0 Å². The van der Waals surface area contributed by atoms with Crippen LogP contribution in [-0.2, 0) is 0 Å². The highest BCUT2D eigenvalue weighted by Gasteiger charge is 2.09. The predicted molar refractivity (Wildman–Crippen MR) is 66.8 cm³/mol. The molecule has 17 heavy (non-hydrogen) atoms. The van der Waals surface area contributed by atoms with Crippen molar-refractivity contribution in [2.75, 3.05) is 5.73 Å². The number of nitriles is 1. The summed E-state index contributed by atoms with van der Waals surface area (Å²) in [6.45, 7) is 1.90. The average Bonchev–Trinajstić information content (AvgIpc) is 2.34. The van der Waals surface area contributed by atoms with Gasteiger partial charge in [0.05, 0.1) is 11.3 Å². The summed E-state index contributed by atoms with van der Waals surface area (Å²) in [4.78, 5) is 0.